The molecule has 0 radical (unpaired) electrons. The first kappa shape index (κ1) is 10.8. The summed E-state index contributed by atoms with van der Waals surface area (Å²) in [5.74, 6) is 0.292. The van der Waals surface area contributed by atoms with Gasteiger partial charge in [-0.1, -0.05) is 0 Å². The highest BCUT2D eigenvalue weighted by atomic mass is 16.5. The second-order valence-corrected chi connectivity index (χ2v) is 4.22. The fourth-order valence-electron chi connectivity index (χ4n) is 2.60. The van der Waals surface area contributed by atoms with Crippen molar-refractivity contribution < 1.29 is 14.6 Å². The maximum absolute atomic E-state index is 11.4. The zero-order chi connectivity index (χ0) is 12.9. The number of primary amides is 1. The molecule has 4 N–H and O–H groups in total. The fraction of sp³-hybridized carbons (Fsp3) is 0.250. The van der Waals surface area contributed by atoms with Crippen LogP contribution in [-0.4, -0.2) is 29.8 Å². The van der Waals surface area contributed by atoms with E-state index in [1.54, 1.807) is 6.20 Å². The third-order valence-electron chi connectivity index (χ3n) is 3.35. The minimum atomic E-state index is -0.569. The quantitative estimate of drug-likeness (QED) is 0.709. The van der Waals surface area contributed by atoms with Gasteiger partial charge in [0.1, 0.15) is 0 Å². The smallest absolute Gasteiger partial charge is 0.319 e. The number of fused-ring (bicyclic) bond motifs is 3. The van der Waals surface area contributed by atoms with Crippen molar-refractivity contribution in [1.82, 2.24) is 4.98 Å². The number of nitrogens with two attached hydrogens (primary N) is 1. The van der Waals surface area contributed by atoms with E-state index in [1.807, 2.05) is 6.07 Å². The number of carbonyl (C=O) groups is 1. The van der Waals surface area contributed by atoms with Crippen molar-refractivity contribution in [2.75, 3.05) is 18.6 Å². The number of nitrogens with one attached hydrogen (secondary N) is 1. The summed E-state index contributed by atoms with van der Waals surface area (Å²) in [6.45, 7) is 0.478. The van der Waals surface area contributed by atoms with E-state index in [1.165, 1.54) is 12.0 Å². The number of amides is 2. The summed E-state index contributed by atoms with van der Waals surface area (Å²) in [6.07, 6.45) is 2.45. The van der Waals surface area contributed by atoms with Crippen molar-refractivity contribution in [3.8, 4) is 11.5 Å². The van der Waals surface area contributed by atoms with E-state index in [-0.39, 0.29) is 5.75 Å². The van der Waals surface area contributed by atoms with Gasteiger partial charge in [-0.25, -0.2) is 4.79 Å². The summed E-state index contributed by atoms with van der Waals surface area (Å²) in [7, 11) is 1.48. The van der Waals surface area contributed by atoms with Crippen LogP contribution >= 0.6 is 0 Å². The third kappa shape index (κ3) is 1.20. The second kappa shape index (κ2) is 3.56. The summed E-state index contributed by atoms with van der Waals surface area (Å²) < 4.78 is 5.21. The molecule has 0 spiro atoms. The molecule has 0 saturated carbocycles. The molecule has 0 fully saturated rings. The number of methoxy groups -OCH3 is 1. The number of anilines is 1. The molecule has 1 aliphatic heterocycles. The Morgan fingerprint density at radius 1 is 1.61 bits per heavy atom. The number of aromatic hydroxyl groups is 1. The molecule has 1 aromatic carbocycles. The van der Waals surface area contributed by atoms with E-state index in [0.29, 0.717) is 24.4 Å². The third-order valence-corrected chi connectivity index (χ3v) is 3.35. The van der Waals surface area contributed by atoms with Crippen LogP contribution in [0.2, 0.25) is 0 Å². The molecular formula is C12H13N3O3. The van der Waals surface area contributed by atoms with Gasteiger partial charge in [-0.15, -0.1) is 0 Å². The fourth-order valence-corrected chi connectivity index (χ4v) is 2.60. The Labute approximate surface area is 103 Å². The first-order valence-corrected chi connectivity index (χ1v) is 5.61. The van der Waals surface area contributed by atoms with Crippen molar-refractivity contribution >= 4 is 22.6 Å². The van der Waals surface area contributed by atoms with Gasteiger partial charge in [0.05, 0.1) is 18.3 Å². The number of urea groups is 1. The molecule has 0 saturated heterocycles. The normalized spacial score (nSPS) is 13.9. The van der Waals surface area contributed by atoms with Gasteiger partial charge < -0.3 is 20.6 Å². The molecule has 0 atom stereocenters. The van der Waals surface area contributed by atoms with Crippen LogP contribution in [-0.2, 0) is 6.42 Å². The largest absolute Gasteiger partial charge is 0.503 e. The lowest BCUT2D eigenvalue weighted by atomic mass is 10.1. The van der Waals surface area contributed by atoms with E-state index >= 15 is 0 Å². The van der Waals surface area contributed by atoms with E-state index < -0.39 is 6.03 Å². The number of phenols is 1. The molecule has 6 nitrogen and oxygen atoms in total. The van der Waals surface area contributed by atoms with Gasteiger partial charge in [-0.05, 0) is 18.1 Å². The van der Waals surface area contributed by atoms with Crippen molar-refractivity contribution in [1.29, 1.82) is 0 Å². The summed E-state index contributed by atoms with van der Waals surface area (Å²) in [6, 6.07) is 1.33. The summed E-state index contributed by atoms with van der Waals surface area (Å²) in [5.41, 5.74) is 7.44. The number of hydrogen-bond donors (Lipinski definition) is 3. The second-order valence-electron chi connectivity index (χ2n) is 4.22. The van der Waals surface area contributed by atoms with Gasteiger partial charge >= 0.3 is 6.03 Å². The van der Waals surface area contributed by atoms with Crippen molar-refractivity contribution in [3.63, 3.8) is 0 Å². The summed E-state index contributed by atoms with van der Waals surface area (Å²) >= 11 is 0. The van der Waals surface area contributed by atoms with Crippen LogP contribution in [0.1, 0.15) is 5.56 Å². The van der Waals surface area contributed by atoms with Crippen LogP contribution < -0.4 is 15.4 Å². The lowest BCUT2D eigenvalue weighted by molar-refractivity contribution is 0.254. The van der Waals surface area contributed by atoms with Crippen LogP contribution in [0.3, 0.4) is 0 Å². The molecule has 6 heteroatoms. The number of phenolic OH excluding ortho intramolecular Hbond substituents is 1. The highest BCUT2D eigenvalue weighted by Gasteiger charge is 2.31. The monoisotopic (exact) mass is 247 g/mol. The summed E-state index contributed by atoms with van der Waals surface area (Å²) in [5, 5.41) is 11.2. The molecule has 2 heterocycles. The van der Waals surface area contributed by atoms with Gasteiger partial charge in [0.2, 0.25) is 0 Å². The van der Waals surface area contributed by atoms with Crippen LogP contribution in [0.15, 0.2) is 12.3 Å². The molecule has 0 unspecified atom stereocenters. The van der Waals surface area contributed by atoms with Gasteiger partial charge in [-0.3, -0.25) is 4.90 Å². The number of aromatic nitrogens is 1. The Morgan fingerprint density at radius 3 is 3.06 bits per heavy atom. The number of H-pyrrole nitrogens is 1. The Kier molecular flexibility index (Phi) is 2.13. The highest BCUT2D eigenvalue weighted by molar-refractivity contribution is 6.04. The Hall–Kier alpha value is -2.37. The molecule has 2 aromatic rings. The minimum absolute atomic E-state index is 0.0428. The van der Waals surface area contributed by atoms with Crippen LogP contribution in [0.5, 0.6) is 11.5 Å². The molecular weight excluding hydrogens is 234 g/mol. The predicted molar refractivity (Wildman–Crippen MR) is 67.1 cm³/mol. The van der Waals surface area contributed by atoms with Gasteiger partial charge in [0.15, 0.2) is 11.5 Å². The number of hydrogen-bond acceptors (Lipinski definition) is 3. The zero-order valence-corrected chi connectivity index (χ0v) is 9.86. The molecule has 18 heavy (non-hydrogen) atoms. The van der Waals surface area contributed by atoms with E-state index in [0.717, 1.165) is 16.5 Å². The lowest BCUT2D eigenvalue weighted by Gasteiger charge is -2.17. The molecule has 2 amide bonds. The standard InChI is InChI=1S/C12H13N3O3/c1-18-11-8-6(2-4-14-8)7-3-5-15(12(13)17)9(7)10(11)16/h2,4,14,16H,3,5H2,1H3,(H2,13,17). The molecule has 0 aliphatic carbocycles. The van der Waals surface area contributed by atoms with Gasteiger partial charge in [0.25, 0.3) is 0 Å². The number of nitrogens with zero attached hydrogens (tertiary/aromatic N) is 1. The SMILES string of the molecule is COc1c(O)c2c(c3cc[nH]c13)CCN2C(N)=O. The van der Waals surface area contributed by atoms with Crippen molar-refractivity contribution in [2.24, 2.45) is 5.73 Å². The number of aromatic amines is 1. The van der Waals surface area contributed by atoms with Crippen LogP contribution in [0.25, 0.3) is 10.9 Å². The Balaban J connectivity index is 2.38. The lowest BCUT2D eigenvalue weighted by Crippen LogP contribution is -2.34. The Morgan fingerprint density at radius 2 is 2.39 bits per heavy atom. The topological polar surface area (TPSA) is 91.6 Å². The maximum Gasteiger partial charge on any atom is 0.319 e. The maximum atomic E-state index is 11.4. The van der Waals surface area contributed by atoms with Gasteiger partial charge in [0, 0.05) is 18.1 Å². The first-order valence-electron chi connectivity index (χ1n) is 5.61. The first-order chi connectivity index (χ1) is 8.65. The highest BCUT2D eigenvalue weighted by Crippen LogP contribution is 2.48. The number of carbonyl (C=O) groups excluding carboxylic acids is 1. The van der Waals surface area contributed by atoms with Crippen molar-refractivity contribution in [3.05, 3.63) is 17.8 Å². The van der Waals surface area contributed by atoms with Gasteiger partial charge in [-0.2, -0.15) is 0 Å². The van der Waals surface area contributed by atoms with E-state index in [4.69, 9.17) is 10.5 Å². The number of rotatable bonds is 1. The average molecular weight is 247 g/mol. The molecule has 1 aromatic heterocycles. The molecule has 3 rings (SSSR count). The van der Waals surface area contributed by atoms with Crippen molar-refractivity contribution in [2.45, 2.75) is 6.42 Å². The average Bonchev–Trinajstić information content (AvgIpc) is 2.94. The summed E-state index contributed by atoms with van der Waals surface area (Å²) in [4.78, 5) is 15.8. The van der Waals surface area contributed by atoms with E-state index in [2.05, 4.69) is 4.98 Å². The molecule has 0 bridgehead atoms. The van der Waals surface area contributed by atoms with Crippen LogP contribution in [0, 0.1) is 0 Å². The number of benzene rings is 1. The minimum Gasteiger partial charge on any atom is -0.503 e. The molecule has 94 valence electrons. The number of ether oxygens (including phenoxy) is 1. The predicted octanol–water partition coefficient (Wildman–Crippen LogP) is 1.32. The van der Waals surface area contributed by atoms with Crippen LogP contribution in [0.4, 0.5) is 10.5 Å². The zero-order valence-electron chi connectivity index (χ0n) is 9.86. The Bertz CT molecular complexity index is 648. The van der Waals surface area contributed by atoms with E-state index in [9.17, 15) is 9.90 Å². The molecule has 1 aliphatic rings.